The molecule has 0 saturated heterocycles. The zero-order chi connectivity index (χ0) is 14.3. The lowest BCUT2D eigenvalue weighted by Crippen LogP contribution is -2.11. The molecule has 0 aliphatic heterocycles. The normalized spacial score (nSPS) is 15.8. The number of aromatic nitrogens is 2. The van der Waals surface area contributed by atoms with Crippen LogP contribution in [0, 0.1) is 0 Å². The molecule has 8 heteroatoms. The highest BCUT2D eigenvalue weighted by Crippen LogP contribution is 2.46. The summed E-state index contributed by atoms with van der Waals surface area (Å²) in [7, 11) is 0. The van der Waals surface area contributed by atoms with Gasteiger partial charge in [0.2, 0.25) is 5.13 Å². The number of thiophene rings is 1. The van der Waals surface area contributed by atoms with E-state index in [0.717, 1.165) is 30.0 Å². The molecular formula is C12H12N4O2S2. The van der Waals surface area contributed by atoms with Gasteiger partial charge in [-0.3, -0.25) is 14.9 Å². The lowest BCUT2D eigenvalue weighted by molar-refractivity contribution is 0.100. The highest BCUT2D eigenvalue weighted by Gasteiger charge is 2.42. The molecule has 0 unspecified atom stereocenters. The molecule has 2 heterocycles. The van der Waals surface area contributed by atoms with Crippen molar-refractivity contribution in [1.29, 1.82) is 0 Å². The maximum atomic E-state index is 12.0. The molecule has 0 atom stereocenters. The third-order valence-corrected chi connectivity index (χ3v) is 4.99. The Bertz CT molecular complexity index is 687. The van der Waals surface area contributed by atoms with Gasteiger partial charge in [0.15, 0.2) is 5.82 Å². The second-order valence-corrected chi connectivity index (χ2v) is 6.80. The molecule has 2 aromatic heterocycles. The summed E-state index contributed by atoms with van der Waals surface area (Å²) in [5.74, 6) is -0.0399. The molecule has 1 fully saturated rings. The predicted molar refractivity (Wildman–Crippen MR) is 77.3 cm³/mol. The summed E-state index contributed by atoms with van der Waals surface area (Å²) in [5, 5.41) is 3.17. The first-order chi connectivity index (χ1) is 9.48. The summed E-state index contributed by atoms with van der Waals surface area (Å²) < 4.78 is 4.28. The number of anilines is 1. The number of nitrogens with zero attached hydrogens (tertiary/aromatic N) is 2. The van der Waals surface area contributed by atoms with Gasteiger partial charge in [-0.2, -0.15) is 4.37 Å². The standard InChI is InChI=1S/C12H12N4O2S2/c1-12(4-5-12)10-15-11(20-16-10)14-9(18)7-3-2-6(19-7)8(13)17/h2-3H,4-5H2,1H3,(H2,13,17)(H,14,15,16,18). The van der Waals surface area contributed by atoms with E-state index in [1.807, 2.05) is 0 Å². The molecule has 1 aliphatic carbocycles. The van der Waals surface area contributed by atoms with E-state index < -0.39 is 5.91 Å². The van der Waals surface area contributed by atoms with Crippen LogP contribution in [-0.4, -0.2) is 21.2 Å². The Kier molecular flexibility index (Phi) is 3.06. The van der Waals surface area contributed by atoms with Crippen LogP contribution < -0.4 is 11.1 Å². The second-order valence-electron chi connectivity index (χ2n) is 4.97. The summed E-state index contributed by atoms with van der Waals surface area (Å²) in [6.07, 6.45) is 2.17. The van der Waals surface area contributed by atoms with Crippen molar-refractivity contribution in [3.63, 3.8) is 0 Å². The van der Waals surface area contributed by atoms with Crippen LogP contribution in [0.25, 0.3) is 0 Å². The summed E-state index contributed by atoms with van der Waals surface area (Å²) >= 11 is 2.24. The van der Waals surface area contributed by atoms with Crippen molar-refractivity contribution >= 4 is 39.8 Å². The van der Waals surface area contributed by atoms with Crippen molar-refractivity contribution < 1.29 is 9.59 Å². The largest absolute Gasteiger partial charge is 0.365 e. The third kappa shape index (κ3) is 2.44. The number of hydrogen-bond acceptors (Lipinski definition) is 6. The fourth-order valence-corrected chi connectivity index (χ4v) is 3.13. The first-order valence-corrected chi connectivity index (χ1v) is 7.62. The molecule has 6 nitrogen and oxygen atoms in total. The van der Waals surface area contributed by atoms with Crippen LogP contribution >= 0.6 is 22.9 Å². The van der Waals surface area contributed by atoms with Gasteiger partial charge in [0.25, 0.3) is 11.8 Å². The summed E-state index contributed by atoms with van der Waals surface area (Å²) in [6.45, 7) is 2.11. The lowest BCUT2D eigenvalue weighted by atomic mass is 10.1. The zero-order valence-corrected chi connectivity index (χ0v) is 12.3. The summed E-state index contributed by atoms with van der Waals surface area (Å²) in [6, 6.07) is 3.11. The highest BCUT2D eigenvalue weighted by molar-refractivity contribution is 7.16. The summed E-state index contributed by atoms with van der Waals surface area (Å²) in [5.41, 5.74) is 5.24. The van der Waals surface area contributed by atoms with E-state index in [4.69, 9.17) is 5.73 Å². The third-order valence-electron chi connectivity index (χ3n) is 3.26. The van der Waals surface area contributed by atoms with Gasteiger partial charge in [0, 0.05) is 16.9 Å². The zero-order valence-electron chi connectivity index (χ0n) is 10.7. The van der Waals surface area contributed by atoms with Gasteiger partial charge in [0.1, 0.15) is 0 Å². The van der Waals surface area contributed by atoms with Gasteiger partial charge in [-0.25, -0.2) is 4.98 Å². The van der Waals surface area contributed by atoms with E-state index in [-0.39, 0.29) is 11.3 Å². The molecule has 2 amide bonds. The van der Waals surface area contributed by atoms with E-state index in [9.17, 15) is 9.59 Å². The Hall–Kier alpha value is -1.80. The number of hydrogen-bond donors (Lipinski definition) is 2. The van der Waals surface area contributed by atoms with Crippen LogP contribution in [0.4, 0.5) is 5.13 Å². The van der Waals surface area contributed by atoms with E-state index in [1.54, 1.807) is 12.1 Å². The van der Waals surface area contributed by atoms with E-state index in [1.165, 1.54) is 11.5 Å². The van der Waals surface area contributed by atoms with Crippen molar-refractivity contribution in [3.05, 3.63) is 27.7 Å². The van der Waals surface area contributed by atoms with Gasteiger partial charge < -0.3 is 5.73 Å². The average Bonchev–Trinajstić information content (AvgIpc) is 2.88. The van der Waals surface area contributed by atoms with Gasteiger partial charge >= 0.3 is 0 Å². The Morgan fingerprint density at radius 2 is 2.05 bits per heavy atom. The molecule has 3 N–H and O–H groups in total. The molecule has 20 heavy (non-hydrogen) atoms. The monoisotopic (exact) mass is 308 g/mol. The topological polar surface area (TPSA) is 98.0 Å². The van der Waals surface area contributed by atoms with Gasteiger partial charge in [-0.15, -0.1) is 11.3 Å². The smallest absolute Gasteiger partial charge is 0.267 e. The van der Waals surface area contributed by atoms with Crippen molar-refractivity contribution in [2.45, 2.75) is 25.2 Å². The molecule has 0 bridgehead atoms. The van der Waals surface area contributed by atoms with Gasteiger partial charge in [-0.1, -0.05) is 6.92 Å². The Morgan fingerprint density at radius 1 is 1.35 bits per heavy atom. The molecule has 3 rings (SSSR count). The van der Waals surface area contributed by atoms with Crippen LogP contribution in [0.15, 0.2) is 12.1 Å². The fourth-order valence-electron chi connectivity index (χ4n) is 1.68. The number of amides is 2. The first-order valence-electron chi connectivity index (χ1n) is 6.03. The number of carbonyl (C=O) groups is 2. The summed E-state index contributed by atoms with van der Waals surface area (Å²) in [4.78, 5) is 28.1. The van der Waals surface area contributed by atoms with Crippen molar-refractivity contribution in [2.75, 3.05) is 5.32 Å². The number of rotatable bonds is 4. The Labute approximate surface area is 123 Å². The minimum atomic E-state index is -0.533. The Morgan fingerprint density at radius 3 is 2.65 bits per heavy atom. The molecule has 1 aliphatic rings. The number of nitrogens with one attached hydrogen (secondary N) is 1. The van der Waals surface area contributed by atoms with E-state index in [2.05, 4.69) is 21.6 Å². The number of nitrogens with two attached hydrogens (primary N) is 1. The second kappa shape index (κ2) is 4.64. The maximum Gasteiger partial charge on any atom is 0.267 e. The van der Waals surface area contributed by atoms with Crippen LogP contribution in [0.5, 0.6) is 0 Å². The highest BCUT2D eigenvalue weighted by atomic mass is 32.1. The van der Waals surface area contributed by atoms with Crippen molar-refractivity contribution in [1.82, 2.24) is 9.36 Å². The quantitative estimate of drug-likeness (QED) is 0.902. The van der Waals surface area contributed by atoms with Crippen molar-refractivity contribution in [2.24, 2.45) is 5.73 Å². The van der Waals surface area contributed by atoms with Crippen LogP contribution in [0.2, 0.25) is 0 Å². The molecule has 0 radical (unpaired) electrons. The average molecular weight is 308 g/mol. The molecule has 0 spiro atoms. The minimum absolute atomic E-state index is 0.0849. The number of primary amides is 1. The predicted octanol–water partition coefficient (Wildman–Crippen LogP) is 2.00. The van der Waals surface area contributed by atoms with E-state index >= 15 is 0 Å². The lowest BCUT2D eigenvalue weighted by Gasteiger charge is -2.00. The SMILES string of the molecule is CC1(c2nsc(NC(=O)c3ccc(C(N)=O)s3)n2)CC1. The van der Waals surface area contributed by atoms with Gasteiger partial charge in [0.05, 0.1) is 9.75 Å². The molecule has 104 valence electrons. The molecule has 1 saturated carbocycles. The number of carbonyl (C=O) groups excluding carboxylic acids is 2. The van der Waals surface area contributed by atoms with E-state index in [0.29, 0.717) is 14.9 Å². The first kappa shape index (κ1) is 13.2. The van der Waals surface area contributed by atoms with Crippen LogP contribution in [0.3, 0.4) is 0 Å². The van der Waals surface area contributed by atoms with Crippen LogP contribution in [-0.2, 0) is 5.41 Å². The van der Waals surface area contributed by atoms with Crippen molar-refractivity contribution in [3.8, 4) is 0 Å². The molecular weight excluding hydrogens is 296 g/mol. The Balaban J connectivity index is 1.71. The fraction of sp³-hybridized carbons (Fsp3) is 0.333. The molecule has 2 aromatic rings. The minimum Gasteiger partial charge on any atom is -0.365 e. The van der Waals surface area contributed by atoms with Crippen LogP contribution in [0.1, 0.15) is 44.9 Å². The molecule has 0 aromatic carbocycles. The maximum absolute atomic E-state index is 12.0. The van der Waals surface area contributed by atoms with Gasteiger partial charge in [-0.05, 0) is 25.0 Å².